The number of hydrogen-bond donors (Lipinski definition) is 0. The zero-order valence-electron chi connectivity index (χ0n) is 15.3. The number of benzene rings is 1. The van der Waals surface area contributed by atoms with E-state index in [4.69, 9.17) is 9.47 Å². The van der Waals surface area contributed by atoms with Gasteiger partial charge in [-0.25, -0.2) is 4.79 Å². The molecule has 0 aliphatic carbocycles. The highest BCUT2D eigenvalue weighted by Crippen LogP contribution is 2.15. The summed E-state index contributed by atoms with van der Waals surface area (Å²) in [6.07, 6.45) is 0. The van der Waals surface area contributed by atoms with Crippen LogP contribution in [0.2, 0.25) is 0 Å². The highest BCUT2D eigenvalue weighted by molar-refractivity contribution is 14.1. The molecule has 0 spiro atoms. The van der Waals surface area contributed by atoms with Crippen molar-refractivity contribution in [1.29, 1.82) is 0 Å². The molecule has 2 heterocycles. The van der Waals surface area contributed by atoms with Crippen LogP contribution in [0.25, 0.3) is 0 Å². The standard InChI is InChI=1S/C19H23IN4O3/c1-2-26-19(25)15-3-5-16(6-4-15)27-14-13-23-9-11-24(12-10-23)18-8-7-17(20)21-22-18/h3-8H,2,9-14H2,1H3. The summed E-state index contributed by atoms with van der Waals surface area (Å²) in [5, 5.41) is 8.37. The molecule has 0 unspecified atom stereocenters. The molecular formula is C19H23IN4O3. The highest BCUT2D eigenvalue weighted by atomic mass is 127. The maximum Gasteiger partial charge on any atom is 0.338 e. The first kappa shape index (κ1) is 19.8. The molecule has 0 N–H and O–H groups in total. The van der Waals surface area contributed by atoms with Gasteiger partial charge in [-0.2, -0.15) is 0 Å². The largest absolute Gasteiger partial charge is 0.492 e. The van der Waals surface area contributed by atoms with E-state index in [0.717, 1.165) is 48.0 Å². The van der Waals surface area contributed by atoms with Gasteiger partial charge in [0.25, 0.3) is 0 Å². The number of ether oxygens (including phenoxy) is 2. The Bertz CT molecular complexity index is 732. The zero-order chi connectivity index (χ0) is 19.1. The maximum absolute atomic E-state index is 11.6. The molecular weight excluding hydrogens is 459 g/mol. The van der Waals surface area contributed by atoms with Gasteiger partial charge in [0.2, 0.25) is 0 Å². The molecule has 0 radical (unpaired) electrons. The van der Waals surface area contributed by atoms with E-state index in [-0.39, 0.29) is 5.97 Å². The monoisotopic (exact) mass is 482 g/mol. The summed E-state index contributed by atoms with van der Waals surface area (Å²) in [4.78, 5) is 16.3. The van der Waals surface area contributed by atoms with Gasteiger partial charge in [0.05, 0.1) is 12.2 Å². The van der Waals surface area contributed by atoms with Crippen molar-refractivity contribution in [3.63, 3.8) is 0 Å². The fourth-order valence-corrected chi connectivity index (χ4v) is 3.16. The Morgan fingerprint density at radius 1 is 1.07 bits per heavy atom. The molecule has 8 heteroatoms. The number of rotatable bonds is 7. The van der Waals surface area contributed by atoms with E-state index in [1.54, 1.807) is 31.2 Å². The van der Waals surface area contributed by atoms with Gasteiger partial charge in [0, 0.05) is 32.7 Å². The normalized spacial score (nSPS) is 14.8. The van der Waals surface area contributed by atoms with Gasteiger partial charge in [-0.05, 0) is 65.9 Å². The molecule has 1 aromatic heterocycles. The Labute approximate surface area is 172 Å². The van der Waals surface area contributed by atoms with Crippen LogP contribution in [-0.4, -0.2) is 67.0 Å². The van der Waals surface area contributed by atoms with E-state index >= 15 is 0 Å². The summed E-state index contributed by atoms with van der Waals surface area (Å²) in [5.41, 5.74) is 0.541. The third-order valence-corrected chi connectivity index (χ3v) is 4.93. The second-order valence-electron chi connectivity index (χ2n) is 6.14. The van der Waals surface area contributed by atoms with Gasteiger partial charge >= 0.3 is 5.97 Å². The van der Waals surface area contributed by atoms with E-state index in [0.29, 0.717) is 18.8 Å². The molecule has 2 aromatic rings. The summed E-state index contributed by atoms with van der Waals surface area (Å²) >= 11 is 2.16. The van der Waals surface area contributed by atoms with E-state index in [9.17, 15) is 4.79 Å². The minimum atomic E-state index is -0.306. The fourth-order valence-electron chi connectivity index (χ4n) is 2.87. The molecule has 0 bridgehead atoms. The summed E-state index contributed by atoms with van der Waals surface area (Å²) < 4.78 is 11.7. The van der Waals surface area contributed by atoms with Gasteiger partial charge in [-0.3, -0.25) is 4.90 Å². The van der Waals surface area contributed by atoms with Crippen LogP contribution in [0.3, 0.4) is 0 Å². The summed E-state index contributed by atoms with van der Waals surface area (Å²) in [7, 11) is 0. The molecule has 1 aliphatic heterocycles. The predicted molar refractivity (Wildman–Crippen MR) is 111 cm³/mol. The van der Waals surface area contributed by atoms with E-state index < -0.39 is 0 Å². The van der Waals surface area contributed by atoms with Crippen LogP contribution in [0.4, 0.5) is 5.82 Å². The van der Waals surface area contributed by atoms with E-state index in [1.807, 2.05) is 12.1 Å². The second kappa shape index (κ2) is 9.84. The van der Waals surface area contributed by atoms with Gasteiger partial charge in [0.15, 0.2) is 5.82 Å². The average Bonchev–Trinajstić information content (AvgIpc) is 2.70. The number of halogens is 1. The Morgan fingerprint density at radius 2 is 1.81 bits per heavy atom. The van der Waals surface area contributed by atoms with Gasteiger partial charge in [0.1, 0.15) is 16.1 Å². The van der Waals surface area contributed by atoms with Crippen molar-refractivity contribution in [2.24, 2.45) is 0 Å². The molecule has 27 heavy (non-hydrogen) atoms. The number of piperazine rings is 1. The summed E-state index contributed by atoms with van der Waals surface area (Å²) in [6.45, 7) is 7.46. The molecule has 1 fully saturated rings. The molecule has 144 valence electrons. The molecule has 0 saturated carbocycles. The van der Waals surface area contributed by atoms with Crippen molar-refractivity contribution in [1.82, 2.24) is 15.1 Å². The van der Waals surface area contributed by atoms with Crippen molar-refractivity contribution < 1.29 is 14.3 Å². The Morgan fingerprint density at radius 3 is 2.44 bits per heavy atom. The Kier molecular flexibility index (Phi) is 7.22. The third kappa shape index (κ3) is 5.77. The number of carbonyl (C=O) groups is 1. The lowest BCUT2D eigenvalue weighted by molar-refractivity contribution is 0.0526. The Balaban J connectivity index is 1.39. The number of nitrogens with zero attached hydrogens (tertiary/aromatic N) is 4. The topological polar surface area (TPSA) is 67.8 Å². The molecule has 0 amide bonds. The van der Waals surface area contributed by atoms with Crippen LogP contribution in [0.5, 0.6) is 5.75 Å². The summed E-state index contributed by atoms with van der Waals surface area (Å²) in [5.74, 6) is 1.39. The number of carbonyl (C=O) groups excluding carboxylic acids is 1. The maximum atomic E-state index is 11.6. The number of esters is 1. The molecule has 0 atom stereocenters. The minimum absolute atomic E-state index is 0.306. The minimum Gasteiger partial charge on any atom is -0.492 e. The van der Waals surface area contributed by atoms with Gasteiger partial charge in [-0.1, -0.05) is 0 Å². The predicted octanol–water partition coefficient (Wildman–Crippen LogP) is 2.46. The Hall–Kier alpha value is -1.94. The quantitative estimate of drug-likeness (QED) is 0.444. The second-order valence-corrected chi connectivity index (χ2v) is 7.24. The fraction of sp³-hybridized carbons (Fsp3) is 0.421. The van der Waals surface area contributed by atoms with E-state index in [1.165, 1.54) is 0 Å². The SMILES string of the molecule is CCOC(=O)c1ccc(OCCN2CCN(c3ccc(I)nn3)CC2)cc1. The third-order valence-electron chi connectivity index (χ3n) is 4.36. The number of hydrogen-bond acceptors (Lipinski definition) is 7. The number of anilines is 1. The van der Waals surface area contributed by atoms with Crippen LogP contribution in [0.15, 0.2) is 36.4 Å². The average molecular weight is 482 g/mol. The zero-order valence-corrected chi connectivity index (χ0v) is 17.5. The van der Waals surface area contributed by atoms with Gasteiger partial charge in [-0.15, -0.1) is 10.2 Å². The highest BCUT2D eigenvalue weighted by Gasteiger charge is 2.18. The number of aromatic nitrogens is 2. The van der Waals surface area contributed by atoms with Crippen molar-refractivity contribution in [2.75, 3.05) is 50.8 Å². The lowest BCUT2D eigenvalue weighted by atomic mass is 10.2. The lowest BCUT2D eigenvalue weighted by Crippen LogP contribution is -2.47. The van der Waals surface area contributed by atoms with Gasteiger partial charge < -0.3 is 14.4 Å². The molecule has 1 aliphatic rings. The molecule has 3 rings (SSSR count). The van der Waals surface area contributed by atoms with Crippen LogP contribution in [-0.2, 0) is 4.74 Å². The van der Waals surface area contributed by atoms with Crippen LogP contribution in [0, 0.1) is 3.70 Å². The van der Waals surface area contributed by atoms with Crippen LogP contribution in [0.1, 0.15) is 17.3 Å². The van der Waals surface area contributed by atoms with Crippen molar-refractivity contribution in [2.45, 2.75) is 6.92 Å². The molecule has 7 nitrogen and oxygen atoms in total. The molecule has 1 aromatic carbocycles. The first-order chi connectivity index (χ1) is 13.2. The van der Waals surface area contributed by atoms with Crippen molar-refractivity contribution in [3.05, 3.63) is 45.7 Å². The first-order valence-electron chi connectivity index (χ1n) is 9.02. The smallest absolute Gasteiger partial charge is 0.338 e. The van der Waals surface area contributed by atoms with Crippen molar-refractivity contribution in [3.8, 4) is 5.75 Å². The first-order valence-corrected chi connectivity index (χ1v) is 10.1. The van der Waals surface area contributed by atoms with Crippen LogP contribution < -0.4 is 9.64 Å². The summed E-state index contributed by atoms with van der Waals surface area (Å²) in [6, 6.07) is 11.1. The van der Waals surface area contributed by atoms with Crippen LogP contribution >= 0.6 is 22.6 Å². The lowest BCUT2D eigenvalue weighted by Gasteiger charge is -2.35. The van der Waals surface area contributed by atoms with E-state index in [2.05, 4.69) is 42.6 Å². The molecule has 1 saturated heterocycles. The van der Waals surface area contributed by atoms with Crippen molar-refractivity contribution >= 4 is 34.4 Å².